The van der Waals surface area contributed by atoms with Crippen molar-refractivity contribution in [3.63, 3.8) is 0 Å². The third kappa shape index (κ3) is 2.24. The minimum Gasteiger partial charge on any atom is -0.305 e. The Bertz CT molecular complexity index is 722. The molecule has 1 radical (unpaired) electrons. The quantitative estimate of drug-likeness (QED) is 0.650. The molecule has 0 aliphatic rings. The summed E-state index contributed by atoms with van der Waals surface area (Å²) in [6.45, 7) is 0. The van der Waals surface area contributed by atoms with Gasteiger partial charge in [-0.3, -0.25) is 0 Å². The summed E-state index contributed by atoms with van der Waals surface area (Å²) >= 11 is 0. The van der Waals surface area contributed by atoms with E-state index in [1.807, 2.05) is 54.6 Å². The summed E-state index contributed by atoms with van der Waals surface area (Å²) < 4.78 is 0. The first-order valence-electron chi connectivity index (χ1n) is 5.39. The molecule has 0 spiro atoms. The van der Waals surface area contributed by atoms with E-state index in [2.05, 4.69) is 9.97 Å². The number of nitrogens with zero attached hydrogens (tertiary/aromatic N) is 1. The summed E-state index contributed by atoms with van der Waals surface area (Å²) in [6.07, 6.45) is 0. The molecule has 0 saturated carbocycles. The van der Waals surface area contributed by atoms with E-state index < -0.39 is 0 Å². The van der Waals surface area contributed by atoms with E-state index in [-0.39, 0.29) is 24.6 Å². The Labute approximate surface area is 116 Å². The van der Waals surface area contributed by atoms with Gasteiger partial charge in [-0.25, -0.2) is 4.79 Å². The Morgan fingerprint density at radius 3 is 2.33 bits per heavy atom. The average molecular weight is 229 g/mol. The third-order valence-electron chi connectivity index (χ3n) is 2.68. The van der Waals surface area contributed by atoms with Crippen LogP contribution in [0.1, 0.15) is 0 Å². The van der Waals surface area contributed by atoms with Crippen LogP contribution in [0, 0.1) is 0 Å². The van der Waals surface area contributed by atoms with Gasteiger partial charge in [0.15, 0.2) is 0 Å². The number of para-hydroxylation sites is 1. The van der Waals surface area contributed by atoms with Crippen LogP contribution in [0.5, 0.6) is 0 Å². The molecule has 0 unspecified atom stereocenters. The molecule has 3 nitrogen and oxygen atoms in total. The second-order valence-corrected chi connectivity index (χ2v) is 3.80. The Kier molecular flexibility index (Phi) is 3.66. The van der Waals surface area contributed by atoms with E-state index in [0.717, 1.165) is 22.2 Å². The second-order valence-electron chi connectivity index (χ2n) is 3.80. The first-order chi connectivity index (χ1) is 8.34. The van der Waals surface area contributed by atoms with Gasteiger partial charge in [0.1, 0.15) is 0 Å². The Morgan fingerprint density at radius 2 is 1.56 bits per heavy atom. The monoisotopic (exact) mass is 229 g/mol. The average Bonchev–Trinajstić information content (AvgIpc) is 2.39. The minimum atomic E-state index is -0.317. The minimum absolute atomic E-state index is 0. The molecule has 83 valence electrons. The molecule has 4 heteroatoms. The number of hydrogen-bond donors (Lipinski definition) is 1. The summed E-state index contributed by atoms with van der Waals surface area (Å²) in [5.41, 5.74) is 2.17. The molecule has 1 aromatic heterocycles. The molecule has 0 aliphatic carbocycles. The van der Waals surface area contributed by atoms with Crippen LogP contribution in [0.3, 0.4) is 0 Å². The molecule has 0 fully saturated rings. The second kappa shape index (κ2) is 5.22. The van der Waals surface area contributed by atoms with E-state index in [1.165, 1.54) is 0 Å². The molecule has 2 aromatic carbocycles. The summed E-state index contributed by atoms with van der Waals surface area (Å²) in [7, 11) is 0. The van der Waals surface area contributed by atoms with Gasteiger partial charge in [0.25, 0.3) is 0 Å². The van der Waals surface area contributed by atoms with Crippen molar-refractivity contribution >= 4 is 29.8 Å². The molecule has 0 saturated heterocycles. The number of rotatable bonds is 1. The zero-order valence-corrected chi connectivity index (χ0v) is 10.1. The zero-order chi connectivity index (χ0) is 11.7. The van der Waals surface area contributed by atoms with E-state index in [1.54, 1.807) is 0 Å². The van der Waals surface area contributed by atoms with Crippen LogP contribution in [0.4, 0.5) is 0 Å². The Balaban J connectivity index is 0.00000120. The van der Waals surface area contributed by atoms with Crippen LogP contribution in [0.15, 0.2) is 59.4 Å². The predicted molar refractivity (Wildman–Crippen MR) is 73.6 cm³/mol. The van der Waals surface area contributed by atoms with Crippen molar-refractivity contribution < 1.29 is 0 Å². The molecule has 18 heavy (non-hydrogen) atoms. The molecule has 0 bridgehead atoms. The third-order valence-corrected chi connectivity index (χ3v) is 2.68. The fourth-order valence-corrected chi connectivity index (χ4v) is 1.92. The Hall–Kier alpha value is -1.82. The van der Waals surface area contributed by atoms with Gasteiger partial charge in [0.05, 0.1) is 11.2 Å². The summed E-state index contributed by atoms with van der Waals surface area (Å²) in [4.78, 5) is 18.3. The predicted octanol–water partition coefficient (Wildman–Crippen LogP) is 2.21. The van der Waals surface area contributed by atoms with Gasteiger partial charge in [0, 0.05) is 29.8 Å². The number of aromatic nitrogens is 2. The van der Waals surface area contributed by atoms with Crippen LogP contribution in [-0.4, -0.2) is 28.8 Å². The topological polar surface area (TPSA) is 45.8 Å². The first-order valence-corrected chi connectivity index (χ1v) is 5.39. The standard InChI is InChI=1S/C14H10N2O.Li/c17-14-15-12-9-5-4-8-11(12)13(16-14)10-6-2-1-3-7-10;/h1-9H,(H,15,16,17);. The Morgan fingerprint density at radius 1 is 0.889 bits per heavy atom. The smallest absolute Gasteiger partial charge is 0.305 e. The van der Waals surface area contributed by atoms with Gasteiger partial charge in [-0.05, 0) is 6.07 Å². The van der Waals surface area contributed by atoms with E-state index in [0.29, 0.717) is 0 Å². The number of fused-ring (bicyclic) bond motifs is 1. The maximum atomic E-state index is 11.5. The molecule has 1 heterocycles. The van der Waals surface area contributed by atoms with Crippen LogP contribution in [0.25, 0.3) is 22.2 Å². The number of hydrogen-bond acceptors (Lipinski definition) is 2. The zero-order valence-electron chi connectivity index (χ0n) is 10.1. The van der Waals surface area contributed by atoms with Crippen LogP contribution in [-0.2, 0) is 0 Å². The number of benzene rings is 2. The largest absolute Gasteiger partial charge is 0.345 e. The van der Waals surface area contributed by atoms with Crippen LogP contribution < -0.4 is 5.69 Å². The number of aromatic amines is 1. The van der Waals surface area contributed by atoms with Gasteiger partial charge >= 0.3 is 5.69 Å². The summed E-state index contributed by atoms with van der Waals surface area (Å²) in [6, 6.07) is 17.4. The molecule has 0 aliphatic heterocycles. The SMILES string of the molecule is O=c1nc(-c2ccccc2)c2ccccc2[nH]1.[Li]. The fraction of sp³-hybridized carbons (Fsp3) is 0. The van der Waals surface area contributed by atoms with Gasteiger partial charge in [-0.2, -0.15) is 4.98 Å². The van der Waals surface area contributed by atoms with Crippen LogP contribution in [0.2, 0.25) is 0 Å². The maximum Gasteiger partial charge on any atom is 0.345 e. The summed E-state index contributed by atoms with van der Waals surface area (Å²) in [5.74, 6) is 0. The van der Waals surface area contributed by atoms with E-state index in [9.17, 15) is 4.79 Å². The number of nitrogens with one attached hydrogen (secondary N) is 1. The first kappa shape index (κ1) is 12.6. The van der Waals surface area contributed by atoms with Crippen molar-refractivity contribution in [2.75, 3.05) is 0 Å². The number of H-pyrrole nitrogens is 1. The molecule has 0 atom stereocenters. The van der Waals surface area contributed by atoms with Crippen molar-refractivity contribution in [1.82, 2.24) is 9.97 Å². The van der Waals surface area contributed by atoms with Crippen molar-refractivity contribution in [1.29, 1.82) is 0 Å². The molecule has 1 N–H and O–H groups in total. The van der Waals surface area contributed by atoms with Gasteiger partial charge < -0.3 is 4.98 Å². The molecule has 0 amide bonds. The molecular weight excluding hydrogens is 219 g/mol. The fourth-order valence-electron chi connectivity index (χ4n) is 1.92. The van der Waals surface area contributed by atoms with Gasteiger partial charge in [-0.15, -0.1) is 0 Å². The van der Waals surface area contributed by atoms with Gasteiger partial charge in [0.2, 0.25) is 0 Å². The van der Waals surface area contributed by atoms with Crippen molar-refractivity contribution in [2.24, 2.45) is 0 Å². The molecular formula is C14H10LiN2O. The van der Waals surface area contributed by atoms with Crippen LogP contribution >= 0.6 is 0 Å². The van der Waals surface area contributed by atoms with Crippen molar-refractivity contribution in [2.45, 2.75) is 0 Å². The summed E-state index contributed by atoms with van der Waals surface area (Å²) in [5, 5.41) is 0.957. The van der Waals surface area contributed by atoms with Crippen molar-refractivity contribution in [3.8, 4) is 11.3 Å². The maximum absolute atomic E-state index is 11.5. The van der Waals surface area contributed by atoms with E-state index in [4.69, 9.17) is 0 Å². The van der Waals surface area contributed by atoms with E-state index >= 15 is 0 Å². The normalized spacial score (nSPS) is 10.0. The molecule has 3 aromatic rings. The van der Waals surface area contributed by atoms with Crippen molar-refractivity contribution in [3.05, 3.63) is 65.1 Å². The molecule has 3 rings (SSSR count). The van der Waals surface area contributed by atoms with Gasteiger partial charge in [-0.1, -0.05) is 48.5 Å².